The molecule has 0 fully saturated rings. The molecule has 90 valence electrons. The van der Waals surface area contributed by atoms with Crippen LogP contribution in [0.4, 0.5) is 13.2 Å². The molecule has 0 aliphatic rings. The fraction of sp³-hybridized carbons (Fsp3) is 0.556. The highest BCUT2D eigenvalue weighted by Crippen LogP contribution is 2.29. The van der Waals surface area contributed by atoms with Crippen LogP contribution in [0.25, 0.3) is 0 Å². The van der Waals surface area contributed by atoms with E-state index in [-0.39, 0.29) is 5.82 Å². The number of rotatable bonds is 3. The van der Waals surface area contributed by atoms with Gasteiger partial charge >= 0.3 is 6.18 Å². The first-order chi connectivity index (χ1) is 7.16. The van der Waals surface area contributed by atoms with Crippen molar-refractivity contribution in [3.05, 3.63) is 18.2 Å². The van der Waals surface area contributed by atoms with Gasteiger partial charge in [0.15, 0.2) is 11.3 Å². The molecule has 0 saturated carbocycles. The Bertz CT molecular complexity index is 395. The fourth-order valence-corrected chi connectivity index (χ4v) is 1.05. The van der Waals surface area contributed by atoms with E-state index in [9.17, 15) is 18.0 Å². The predicted molar refractivity (Wildman–Crippen MR) is 50.6 cm³/mol. The summed E-state index contributed by atoms with van der Waals surface area (Å²) in [7, 11) is 1.59. The van der Waals surface area contributed by atoms with Crippen molar-refractivity contribution in [2.75, 3.05) is 0 Å². The Kier molecular flexibility index (Phi) is 3.09. The summed E-state index contributed by atoms with van der Waals surface area (Å²) in [6.07, 6.45) is -2.24. The first-order valence-electron chi connectivity index (χ1n) is 4.51. The number of aromatic nitrogens is 2. The molecule has 0 saturated heterocycles. The summed E-state index contributed by atoms with van der Waals surface area (Å²) in [6, 6.07) is 0. The van der Waals surface area contributed by atoms with Gasteiger partial charge in [0.1, 0.15) is 5.82 Å². The van der Waals surface area contributed by atoms with Gasteiger partial charge in [-0.3, -0.25) is 4.79 Å². The van der Waals surface area contributed by atoms with Crippen LogP contribution in [0.1, 0.15) is 12.7 Å². The van der Waals surface area contributed by atoms with Crippen molar-refractivity contribution in [3.63, 3.8) is 0 Å². The Morgan fingerprint density at radius 2 is 2.12 bits per heavy atom. The van der Waals surface area contributed by atoms with Crippen molar-refractivity contribution < 1.29 is 18.0 Å². The second-order valence-electron chi connectivity index (χ2n) is 3.75. The quantitative estimate of drug-likeness (QED) is 0.843. The van der Waals surface area contributed by atoms with Gasteiger partial charge < -0.3 is 10.3 Å². The molecule has 1 rings (SSSR count). The highest BCUT2D eigenvalue weighted by atomic mass is 19.4. The van der Waals surface area contributed by atoms with E-state index in [2.05, 4.69) is 4.98 Å². The molecule has 1 atom stereocenters. The number of aryl methyl sites for hydroxylation is 1. The van der Waals surface area contributed by atoms with Crippen molar-refractivity contribution in [2.24, 2.45) is 12.8 Å². The molecule has 0 aromatic carbocycles. The van der Waals surface area contributed by atoms with Gasteiger partial charge in [-0.1, -0.05) is 0 Å². The Balaban J connectivity index is 2.85. The molecule has 0 bridgehead atoms. The maximum absolute atomic E-state index is 12.4. The Morgan fingerprint density at radius 3 is 2.50 bits per heavy atom. The van der Waals surface area contributed by atoms with Crippen LogP contribution >= 0.6 is 0 Å². The summed E-state index contributed by atoms with van der Waals surface area (Å²) in [5.41, 5.74) is 2.16. The van der Waals surface area contributed by atoms with Gasteiger partial charge in [-0.15, -0.1) is 0 Å². The summed E-state index contributed by atoms with van der Waals surface area (Å²) in [5.74, 6) is -0.847. The number of hydrogen-bond acceptors (Lipinski definition) is 3. The van der Waals surface area contributed by atoms with E-state index in [4.69, 9.17) is 5.73 Å². The number of carbonyl (C=O) groups is 1. The smallest absolute Gasteiger partial charge is 0.338 e. The van der Waals surface area contributed by atoms with E-state index in [0.717, 1.165) is 0 Å². The summed E-state index contributed by atoms with van der Waals surface area (Å²) >= 11 is 0. The molecule has 1 aromatic rings. The third-order valence-corrected chi connectivity index (χ3v) is 2.41. The van der Waals surface area contributed by atoms with Crippen LogP contribution in [0.15, 0.2) is 12.4 Å². The third kappa shape index (κ3) is 2.24. The lowest BCUT2D eigenvalue weighted by Gasteiger charge is -2.25. The van der Waals surface area contributed by atoms with Crippen molar-refractivity contribution in [1.29, 1.82) is 0 Å². The van der Waals surface area contributed by atoms with Crippen LogP contribution in [0.3, 0.4) is 0 Å². The van der Waals surface area contributed by atoms with E-state index in [1.807, 2.05) is 0 Å². The molecule has 4 nitrogen and oxygen atoms in total. The minimum atomic E-state index is -4.75. The van der Waals surface area contributed by atoms with Crippen molar-refractivity contribution in [3.8, 4) is 0 Å². The molecule has 1 heterocycles. The maximum Gasteiger partial charge on any atom is 0.413 e. The molecule has 1 aromatic heterocycles. The molecule has 0 radical (unpaired) electrons. The molecular weight excluding hydrogens is 223 g/mol. The Hall–Kier alpha value is -1.37. The fourth-order valence-electron chi connectivity index (χ4n) is 1.05. The van der Waals surface area contributed by atoms with Gasteiger partial charge in [0.2, 0.25) is 0 Å². The van der Waals surface area contributed by atoms with Crippen LogP contribution in [-0.2, 0) is 18.3 Å². The molecule has 0 amide bonds. The van der Waals surface area contributed by atoms with E-state index in [0.29, 0.717) is 6.92 Å². The number of imidazole rings is 1. The number of halogens is 3. The zero-order chi connectivity index (χ0) is 12.6. The van der Waals surface area contributed by atoms with Crippen molar-refractivity contribution in [2.45, 2.75) is 25.1 Å². The van der Waals surface area contributed by atoms with Crippen molar-refractivity contribution >= 4 is 5.78 Å². The number of nitrogens with two attached hydrogens (primary N) is 1. The zero-order valence-electron chi connectivity index (χ0n) is 8.88. The normalized spacial score (nSPS) is 15.9. The highest BCUT2D eigenvalue weighted by Gasteiger charge is 2.53. The predicted octanol–water partition coefficient (Wildman–Crippen LogP) is 0.811. The number of nitrogens with zero attached hydrogens (tertiary/aromatic N) is 2. The monoisotopic (exact) mass is 235 g/mol. The molecule has 7 heteroatoms. The summed E-state index contributed by atoms with van der Waals surface area (Å²) in [5, 5.41) is 0. The van der Waals surface area contributed by atoms with Crippen LogP contribution in [0.5, 0.6) is 0 Å². The van der Waals surface area contributed by atoms with Crippen LogP contribution in [-0.4, -0.2) is 27.0 Å². The third-order valence-electron chi connectivity index (χ3n) is 2.41. The van der Waals surface area contributed by atoms with Gasteiger partial charge in [0.05, 0.1) is 6.42 Å². The molecular formula is C9H12F3N3O. The molecule has 0 spiro atoms. The number of hydrogen-bond donors (Lipinski definition) is 1. The van der Waals surface area contributed by atoms with Crippen LogP contribution in [0, 0.1) is 0 Å². The molecule has 1 unspecified atom stereocenters. The van der Waals surface area contributed by atoms with Gasteiger partial charge in [-0.25, -0.2) is 4.98 Å². The molecule has 0 aliphatic carbocycles. The first-order valence-corrected chi connectivity index (χ1v) is 4.51. The number of carbonyl (C=O) groups excluding carboxylic acids is 1. The summed E-state index contributed by atoms with van der Waals surface area (Å²) < 4.78 is 38.8. The van der Waals surface area contributed by atoms with E-state index >= 15 is 0 Å². The lowest BCUT2D eigenvalue weighted by atomic mass is 9.94. The Labute approximate surface area is 90.3 Å². The number of alkyl halides is 3. The zero-order valence-corrected chi connectivity index (χ0v) is 8.88. The topological polar surface area (TPSA) is 60.9 Å². The second kappa shape index (κ2) is 3.89. The van der Waals surface area contributed by atoms with Crippen molar-refractivity contribution in [1.82, 2.24) is 9.55 Å². The number of Topliss-reactive ketones (excluding diaryl/α,β-unsaturated/α-hetero) is 1. The Morgan fingerprint density at radius 1 is 1.56 bits per heavy atom. The van der Waals surface area contributed by atoms with E-state index < -0.39 is 23.9 Å². The molecule has 16 heavy (non-hydrogen) atoms. The largest absolute Gasteiger partial charge is 0.413 e. The van der Waals surface area contributed by atoms with Gasteiger partial charge in [0.25, 0.3) is 0 Å². The van der Waals surface area contributed by atoms with Gasteiger partial charge in [-0.2, -0.15) is 13.2 Å². The van der Waals surface area contributed by atoms with Gasteiger partial charge in [0, 0.05) is 19.4 Å². The highest BCUT2D eigenvalue weighted by molar-refractivity contribution is 5.90. The van der Waals surface area contributed by atoms with Crippen LogP contribution < -0.4 is 5.73 Å². The minimum absolute atomic E-state index is 0.255. The average molecular weight is 235 g/mol. The standard InChI is InChI=1S/C9H12F3N3O/c1-8(13,9(10,11)12)6(16)5-7-14-3-4-15(7)2/h3-4H,5,13H2,1-2H3. The lowest BCUT2D eigenvalue weighted by molar-refractivity contribution is -0.185. The van der Waals surface area contributed by atoms with E-state index in [1.54, 1.807) is 13.2 Å². The maximum atomic E-state index is 12.4. The number of ketones is 1. The van der Waals surface area contributed by atoms with Gasteiger partial charge in [-0.05, 0) is 6.92 Å². The lowest BCUT2D eigenvalue weighted by Crippen LogP contribution is -2.57. The first kappa shape index (κ1) is 12.7. The van der Waals surface area contributed by atoms with Crippen LogP contribution in [0.2, 0.25) is 0 Å². The summed E-state index contributed by atoms with van der Waals surface area (Å²) in [4.78, 5) is 15.2. The second-order valence-corrected chi connectivity index (χ2v) is 3.75. The average Bonchev–Trinajstić information content (AvgIpc) is 2.49. The molecule has 0 aliphatic heterocycles. The minimum Gasteiger partial charge on any atom is -0.338 e. The molecule has 2 N–H and O–H groups in total. The van der Waals surface area contributed by atoms with E-state index in [1.165, 1.54) is 10.8 Å². The SMILES string of the molecule is Cn1ccnc1CC(=O)C(C)(N)C(F)(F)F. The summed E-state index contributed by atoms with van der Waals surface area (Å²) in [6.45, 7) is 0.665.